The summed E-state index contributed by atoms with van der Waals surface area (Å²) in [5.74, 6) is 0.650. The molecule has 0 aliphatic heterocycles. The minimum absolute atomic E-state index is 0.0965. The van der Waals surface area contributed by atoms with E-state index in [0.29, 0.717) is 12.1 Å². The zero-order valence-corrected chi connectivity index (χ0v) is 14.8. The number of aromatic amines is 1. The molecule has 0 atom stereocenters. The van der Waals surface area contributed by atoms with Gasteiger partial charge in [-0.15, -0.1) is 0 Å². The van der Waals surface area contributed by atoms with E-state index in [0.717, 1.165) is 33.9 Å². The van der Waals surface area contributed by atoms with Crippen molar-refractivity contribution in [2.75, 3.05) is 0 Å². The highest BCUT2D eigenvalue weighted by atomic mass is 16.1. The van der Waals surface area contributed by atoms with E-state index in [4.69, 9.17) is 0 Å². The van der Waals surface area contributed by atoms with Crippen LogP contribution in [0.1, 0.15) is 27.6 Å². The second-order valence-electron chi connectivity index (χ2n) is 6.34. The van der Waals surface area contributed by atoms with Crippen molar-refractivity contribution >= 4 is 16.9 Å². The van der Waals surface area contributed by atoms with Crippen molar-refractivity contribution in [2.45, 2.75) is 20.4 Å². The van der Waals surface area contributed by atoms with Crippen LogP contribution in [0.25, 0.3) is 16.7 Å². The summed E-state index contributed by atoms with van der Waals surface area (Å²) in [6.07, 6.45) is 0. The summed E-state index contributed by atoms with van der Waals surface area (Å²) in [6.45, 7) is 4.34. The highest BCUT2D eigenvalue weighted by Gasteiger charge is 2.16. The monoisotopic (exact) mass is 344 g/mol. The molecule has 4 rings (SSSR count). The number of imidazole rings is 1. The Morgan fingerprint density at radius 1 is 1.08 bits per heavy atom. The lowest BCUT2D eigenvalue weighted by Gasteiger charge is -2.09. The fraction of sp³-hybridized carbons (Fsp3) is 0.143. The molecule has 0 aliphatic rings. The highest BCUT2D eigenvalue weighted by molar-refractivity contribution is 5.95. The van der Waals surface area contributed by atoms with Gasteiger partial charge >= 0.3 is 0 Å². The number of benzene rings is 2. The Balaban J connectivity index is 1.55. The molecule has 0 saturated heterocycles. The standard InChI is InChI=1S/C21H20N4O/c1-14-12-17(15(2)25(14)16-8-4-3-5-9-16)21(26)22-13-20-23-18-10-6-7-11-19(18)24-20/h3-12H,13H2,1-2H3,(H,22,26)(H,23,24). The molecule has 130 valence electrons. The van der Waals surface area contributed by atoms with E-state index in [1.54, 1.807) is 0 Å². The van der Waals surface area contributed by atoms with Crippen molar-refractivity contribution in [3.8, 4) is 5.69 Å². The Kier molecular flexibility index (Phi) is 4.05. The molecule has 0 radical (unpaired) electrons. The first-order valence-electron chi connectivity index (χ1n) is 8.59. The van der Waals surface area contributed by atoms with Gasteiger partial charge in [0.1, 0.15) is 5.82 Å². The third-order valence-corrected chi connectivity index (χ3v) is 4.54. The average molecular weight is 344 g/mol. The van der Waals surface area contributed by atoms with Crippen LogP contribution in [0.5, 0.6) is 0 Å². The topological polar surface area (TPSA) is 62.7 Å². The summed E-state index contributed by atoms with van der Waals surface area (Å²) in [6, 6.07) is 19.8. The zero-order chi connectivity index (χ0) is 18.1. The van der Waals surface area contributed by atoms with Crippen LogP contribution in [0.4, 0.5) is 0 Å². The number of nitrogens with one attached hydrogen (secondary N) is 2. The lowest BCUT2D eigenvalue weighted by atomic mass is 10.2. The molecule has 0 unspecified atom stereocenters. The number of hydrogen-bond donors (Lipinski definition) is 2. The van der Waals surface area contributed by atoms with Gasteiger partial charge < -0.3 is 14.9 Å². The first kappa shape index (κ1) is 16.1. The van der Waals surface area contributed by atoms with Crippen molar-refractivity contribution in [1.29, 1.82) is 0 Å². The molecule has 2 aromatic carbocycles. The molecule has 0 saturated carbocycles. The SMILES string of the molecule is Cc1cc(C(=O)NCc2nc3ccccc3[nH]2)c(C)n1-c1ccccc1. The maximum Gasteiger partial charge on any atom is 0.253 e. The van der Waals surface area contributed by atoms with Crippen LogP contribution in [0, 0.1) is 13.8 Å². The van der Waals surface area contributed by atoms with Crippen LogP contribution < -0.4 is 5.32 Å². The molecule has 0 fully saturated rings. The van der Waals surface area contributed by atoms with E-state index in [9.17, 15) is 4.79 Å². The predicted molar refractivity (Wildman–Crippen MR) is 103 cm³/mol. The Bertz CT molecular complexity index is 1040. The van der Waals surface area contributed by atoms with Crippen molar-refractivity contribution in [2.24, 2.45) is 0 Å². The number of aryl methyl sites for hydroxylation is 1. The summed E-state index contributed by atoms with van der Waals surface area (Å²) in [4.78, 5) is 20.4. The Morgan fingerprint density at radius 3 is 2.58 bits per heavy atom. The van der Waals surface area contributed by atoms with Gasteiger partial charge in [0.25, 0.3) is 5.91 Å². The first-order chi connectivity index (χ1) is 12.6. The maximum atomic E-state index is 12.7. The number of fused-ring (bicyclic) bond motifs is 1. The van der Waals surface area contributed by atoms with Gasteiger partial charge in [0.2, 0.25) is 0 Å². The molecular weight excluding hydrogens is 324 g/mol. The smallest absolute Gasteiger partial charge is 0.253 e. The number of para-hydroxylation sites is 3. The molecule has 26 heavy (non-hydrogen) atoms. The number of carbonyl (C=O) groups is 1. The molecule has 1 amide bonds. The number of amides is 1. The summed E-state index contributed by atoms with van der Waals surface area (Å²) < 4.78 is 2.09. The van der Waals surface area contributed by atoms with Crippen LogP contribution in [0.15, 0.2) is 60.7 Å². The largest absolute Gasteiger partial charge is 0.345 e. The fourth-order valence-corrected chi connectivity index (χ4v) is 3.32. The summed E-state index contributed by atoms with van der Waals surface area (Å²) in [5, 5.41) is 2.96. The number of rotatable bonds is 4. The van der Waals surface area contributed by atoms with E-state index in [1.807, 2.05) is 74.5 Å². The molecule has 5 heteroatoms. The number of carbonyl (C=O) groups excluding carboxylic acids is 1. The minimum atomic E-state index is -0.0965. The van der Waals surface area contributed by atoms with Crippen molar-refractivity contribution in [1.82, 2.24) is 19.9 Å². The van der Waals surface area contributed by atoms with E-state index in [2.05, 4.69) is 19.9 Å². The number of aromatic nitrogens is 3. The van der Waals surface area contributed by atoms with Gasteiger partial charge in [0.05, 0.1) is 23.1 Å². The van der Waals surface area contributed by atoms with Crippen LogP contribution >= 0.6 is 0 Å². The van der Waals surface area contributed by atoms with Gasteiger partial charge in [-0.1, -0.05) is 30.3 Å². The van der Waals surface area contributed by atoms with E-state index in [-0.39, 0.29) is 5.91 Å². The highest BCUT2D eigenvalue weighted by Crippen LogP contribution is 2.20. The summed E-state index contributed by atoms with van der Waals surface area (Å²) >= 11 is 0. The maximum absolute atomic E-state index is 12.7. The van der Waals surface area contributed by atoms with Crippen LogP contribution in [-0.2, 0) is 6.54 Å². The molecule has 4 aromatic rings. The van der Waals surface area contributed by atoms with E-state index < -0.39 is 0 Å². The van der Waals surface area contributed by atoms with Gasteiger partial charge in [-0.3, -0.25) is 4.79 Å². The average Bonchev–Trinajstić information content (AvgIpc) is 3.20. The molecule has 2 N–H and O–H groups in total. The van der Waals surface area contributed by atoms with Gasteiger partial charge in [0, 0.05) is 17.1 Å². The second-order valence-corrected chi connectivity index (χ2v) is 6.34. The summed E-state index contributed by atoms with van der Waals surface area (Å²) in [5.41, 5.74) is 5.57. The molecule has 0 spiro atoms. The van der Waals surface area contributed by atoms with Gasteiger partial charge in [-0.05, 0) is 44.2 Å². The molecule has 0 aliphatic carbocycles. The fourth-order valence-electron chi connectivity index (χ4n) is 3.32. The molecule has 2 aromatic heterocycles. The van der Waals surface area contributed by atoms with Crippen molar-refractivity contribution < 1.29 is 4.79 Å². The third-order valence-electron chi connectivity index (χ3n) is 4.54. The third kappa shape index (κ3) is 2.88. The Labute approximate surface area is 151 Å². The van der Waals surface area contributed by atoms with Crippen molar-refractivity contribution in [3.63, 3.8) is 0 Å². The van der Waals surface area contributed by atoms with Gasteiger partial charge in [0.15, 0.2) is 0 Å². The number of hydrogen-bond acceptors (Lipinski definition) is 2. The second kappa shape index (κ2) is 6.52. The number of H-pyrrole nitrogens is 1. The predicted octanol–water partition coefficient (Wildman–Crippen LogP) is 3.90. The lowest BCUT2D eigenvalue weighted by molar-refractivity contribution is 0.0949. The molecule has 2 heterocycles. The van der Waals surface area contributed by atoms with Crippen LogP contribution in [-0.4, -0.2) is 20.4 Å². The van der Waals surface area contributed by atoms with Gasteiger partial charge in [-0.2, -0.15) is 0 Å². The zero-order valence-electron chi connectivity index (χ0n) is 14.8. The minimum Gasteiger partial charge on any atom is -0.345 e. The van der Waals surface area contributed by atoms with Gasteiger partial charge in [-0.25, -0.2) is 4.98 Å². The molecule has 5 nitrogen and oxygen atoms in total. The quantitative estimate of drug-likeness (QED) is 0.590. The number of nitrogens with zero attached hydrogens (tertiary/aromatic N) is 2. The lowest BCUT2D eigenvalue weighted by Crippen LogP contribution is -2.23. The van der Waals surface area contributed by atoms with E-state index in [1.165, 1.54) is 0 Å². The van der Waals surface area contributed by atoms with Crippen molar-refractivity contribution in [3.05, 3.63) is 83.4 Å². The van der Waals surface area contributed by atoms with Crippen LogP contribution in [0.3, 0.4) is 0 Å². The van der Waals surface area contributed by atoms with Crippen LogP contribution in [0.2, 0.25) is 0 Å². The Morgan fingerprint density at radius 2 is 1.81 bits per heavy atom. The summed E-state index contributed by atoms with van der Waals surface area (Å²) in [7, 11) is 0. The molecule has 0 bridgehead atoms. The normalized spacial score (nSPS) is 11.0. The first-order valence-corrected chi connectivity index (χ1v) is 8.59. The molecular formula is C21H20N4O. The Hall–Kier alpha value is -3.34. The van der Waals surface area contributed by atoms with E-state index >= 15 is 0 Å².